The van der Waals surface area contributed by atoms with Crippen LogP contribution in [0.1, 0.15) is 11.6 Å². The van der Waals surface area contributed by atoms with Crippen molar-refractivity contribution in [3.05, 3.63) is 48.0 Å². The molecule has 3 rings (SSSR count). The number of benzene rings is 2. The molecular weight excluding hydrogens is 158 g/mol. The van der Waals surface area contributed by atoms with Gasteiger partial charge in [-0.2, -0.15) is 0 Å². The molecule has 64 valence electrons. The molecule has 13 heavy (non-hydrogen) atoms. The van der Waals surface area contributed by atoms with Gasteiger partial charge >= 0.3 is 0 Å². The maximum atomic E-state index is 3.32. The summed E-state index contributed by atoms with van der Waals surface area (Å²) in [7, 11) is 0. The van der Waals surface area contributed by atoms with Gasteiger partial charge in [0, 0.05) is 12.6 Å². The van der Waals surface area contributed by atoms with Crippen LogP contribution in [-0.4, -0.2) is 6.54 Å². The minimum absolute atomic E-state index is 0.615. The molecule has 1 fully saturated rings. The fraction of sp³-hybridized carbons (Fsp3) is 0.167. The van der Waals surface area contributed by atoms with Crippen LogP contribution < -0.4 is 5.32 Å². The molecule has 1 heteroatoms. The number of nitrogens with one attached hydrogen (secondary N) is 1. The lowest BCUT2D eigenvalue weighted by Gasteiger charge is -2.00. The van der Waals surface area contributed by atoms with E-state index in [4.69, 9.17) is 0 Å². The molecule has 2 aromatic rings. The van der Waals surface area contributed by atoms with Gasteiger partial charge in [-0.3, -0.25) is 0 Å². The first kappa shape index (κ1) is 7.10. The summed E-state index contributed by atoms with van der Waals surface area (Å²) < 4.78 is 0. The van der Waals surface area contributed by atoms with E-state index in [-0.39, 0.29) is 0 Å². The largest absolute Gasteiger partial charge is 0.307 e. The van der Waals surface area contributed by atoms with Crippen LogP contribution in [0.5, 0.6) is 0 Å². The van der Waals surface area contributed by atoms with Gasteiger partial charge in [-0.15, -0.1) is 0 Å². The molecule has 1 heterocycles. The Bertz CT molecular complexity index is 444. The number of hydrogen-bond donors (Lipinski definition) is 1. The van der Waals surface area contributed by atoms with E-state index in [1.165, 1.54) is 16.3 Å². The Hall–Kier alpha value is -1.34. The minimum Gasteiger partial charge on any atom is -0.307 e. The maximum Gasteiger partial charge on any atom is 0.0447 e. The Morgan fingerprint density at radius 1 is 1.00 bits per heavy atom. The Kier molecular flexibility index (Phi) is 1.41. The first-order chi connectivity index (χ1) is 6.43. The summed E-state index contributed by atoms with van der Waals surface area (Å²) in [5.74, 6) is 0. The summed E-state index contributed by atoms with van der Waals surface area (Å²) in [5.41, 5.74) is 1.42. The molecule has 0 bridgehead atoms. The van der Waals surface area contributed by atoms with E-state index < -0.39 is 0 Å². The predicted molar refractivity (Wildman–Crippen MR) is 54.7 cm³/mol. The summed E-state index contributed by atoms with van der Waals surface area (Å²) in [6.45, 7) is 1.14. The van der Waals surface area contributed by atoms with Crippen molar-refractivity contribution in [2.45, 2.75) is 6.04 Å². The van der Waals surface area contributed by atoms with E-state index in [2.05, 4.69) is 47.8 Å². The van der Waals surface area contributed by atoms with E-state index >= 15 is 0 Å². The predicted octanol–water partition coefficient (Wildman–Crippen LogP) is 2.48. The van der Waals surface area contributed by atoms with Crippen molar-refractivity contribution in [3.63, 3.8) is 0 Å². The van der Waals surface area contributed by atoms with Crippen molar-refractivity contribution in [2.75, 3.05) is 6.54 Å². The third-order valence-corrected chi connectivity index (χ3v) is 2.58. The van der Waals surface area contributed by atoms with E-state index in [9.17, 15) is 0 Å². The zero-order valence-corrected chi connectivity index (χ0v) is 7.33. The van der Waals surface area contributed by atoms with Crippen molar-refractivity contribution in [2.24, 2.45) is 0 Å². The van der Waals surface area contributed by atoms with Crippen LogP contribution in [0.4, 0.5) is 0 Å². The van der Waals surface area contributed by atoms with Gasteiger partial charge in [-0.05, 0) is 22.4 Å². The zero-order valence-electron chi connectivity index (χ0n) is 7.33. The highest BCUT2D eigenvalue weighted by Gasteiger charge is 2.21. The molecule has 1 unspecified atom stereocenters. The molecule has 1 atom stereocenters. The average molecular weight is 169 g/mol. The normalized spacial score (nSPS) is 20.5. The molecular formula is C12H11N. The molecule has 1 N–H and O–H groups in total. The van der Waals surface area contributed by atoms with Crippen molar-refractivity contribution < 1.29 is 0 Å². The van der Waals surface area contributed by atoms with Crippen molar-refractivity contribution in [3.8, 4) is 0 Å². The molecule has 1 nitrogen and oxygen atoms in total. The van der Waals surface area contributed by atoms with Gasteiger partial charge in [0.1, 0.15) is 0 Å². The zero-order chi connectivity index (χ0) is 8.67. The van der Waals surface area contributed by atoms with Gasteiger partial charge in [-0.25, -0.2) is 0 Å². The topological polar surface area (TPSA) is 21.9 Å². The van der Waals surface area contributed by atoms with Crippen LogP contribution in [0.3, 0.4) is 0 Å². The van der Waals surface area contributed by atoms with Gasteiger partial charge in [0.05, 0.1) is 0 Å². The van der Waals surface area contributed by atoms with E-state index in [1.807, 2.05) is 0 Å². The van der Waals surface area contributed by atoms with Crippen LogP contribution in [0.15, 0.2) is 42.5 Å². The van der Waals surface area contributed by atoms with Crippen LogP contribution in [0, 0.1) is 0 Å². The fourth-order valence-corrected chi connectivity index (χ4v) is 1.72. The standard InChI is InChI=1S/C12H11N/c1-2-4-10-7-11(12-8-13-12)6-5-9(10)3-1/h1-7,12-13H,8H2. The smallest absolute Gasteiger partial charge is 0.0447 e. The molecule has 0 radical (unpaired) electrons. The van der Waals surface area contributed by atoms with E-state index in [0.29, 0.717) is 6.04 Å². The number of rotatable bonds is 1. The Morgan fingerprint density at radius 3 is 2.54 bits per heavy atom. The highest BCUT2D eigenvalue weighted by molar-refractivity contribution is 5.83. The maximum absolute atomic E-state index is 3.32. The molecule has 0 spiro atoms. The highest BCUT2D eigenvalue weighted by atomic mass is 15.1. The second-order valence-electron chi connectivity index (χ2n) is 3.57. The van der Waals surface area contributed by atoms with Crippen molar-refractivity contribution >= 4 is 10.8 Å². The van der Waals surface area contributed by atoms with Crippen LogP contribution >= 0.6 is 0 Å². The van der Waals surface area contributed by atoms with Gasteiger partial charge in [0.15, 0.2) is 0 Å². The third-order valence-electron chi connectivity index (χ3n) is 2.58. The summed E-state index contributed by atoms with van der Waals surface area (Å²) in [6.07, 6.45) is 0. The quantitative estimate of drug-likeness (QED) is 0.651. The first-order valence-electron chi connectivity index (χ1n) is 4.65. The molecule has 1 saturated heterocycles. The van der Waals surface area contributed by atoms with Gasteiger partial charge < -0.3 is 5.32 Å². The second kappa shape index (κ2) is 2.57. The Morgan fingerprint density at radius 2 is 1.77 bits per heavy atom. The summed E-state index contributed by atoms with van der Waals surface area (Å²) >= 11 is 0. The molecule has 1 aliphatic heterocycles. The summed E-state index contributed by atoms with van der Waals surface area (Å²) in [5, 5.41) is 5.98. The van der Waals surface area contributed by atoms with Gasteiger partial charge in [-0.1, -0.05) is 36.4 Å². The molecule has 0 aromatic heterocycles. The highest BCUT2D eigenvalue weighted by Crippen LogP contribution is 2.25. The summed E-state index contributed by atoms with van der Waals surface area (Å²) in [4.78, 5) is 0. The van der Waals surface area contributed by atoms with Crippen LogP contribution in [0.2, 0.25) is 0 Å². The molecule has 1 aliphatic rings. The monoisotopic (exact) mass is 169 g/mol. The molecule has 0 aliphatic carbocycles. The van der Waals surface area contributed by atoms with E-state index in [1.54, 1.807) is 0 Å². The number of hydrogen-bond acceptors (Lipinski definition) is 1. The van der Waals surface area contributed by atoms with Crippen molar-refractivity contribution in [1.82, 2.24) is 5.32 Å². The van der Waals surface area contributed by atoms with Crippen LogP contribution in [-0.2, 0) is 0 Å². The molecule has 2 aromatic carbocycles. The minimum atomic E-state index is 0.615. The van der Waals surface area contributed by atoms with E-state index in [0.717, 1.165) is 6.54 Å². The Balaban J connectivity index is 2.21. The lowest BCUT2D eigenvalue weighted by molar-refractivity contribution is 1.08. The summed E-state index contributed by atoms with van der Waals surface area (Å²) in [6, 6.07) is 15.8. The fourth-order valence-electron chi connectivity index (χ4n) is 1.72. The SMILES string of the molecule is c1ccc2cc(C3CN3)ccc2c1. The Labute approximate surface area is 77.4 Å². The van der Waals surface area contributed by atoms with Gasteiger partial charge in [0.2, 0.25) is 0 Å². The second-order valence-corrected chi connectivity index (χ2v) is 3.57. The lowest BCUT2D eigenvalue weighted by atomic mass is 10.1. The first-order valence-corrected chi connectivity index (χ1v) is 4.65. The lowest BCUT2D eigenvalue weighted by Crippen LogP contribution is -1.83. The van der Waals surface area contributed by atoms with Gasteiger partial charge in [0.25, 0.3) is 0 Å². The molecule has 0 amide bonds. The molecule has 0 saturated carbocycles. The third kappa shape index (κ3) is 1.21. The average Bonchev–Trinajstić information content (AvgIpc) is 3.00. The number of fused-ring (bicyclic) bond motifs is 1. The van der Waals surface area contributed by atoms with Crippen molar-refractivity contribution in [1.29, 1.82) is 0 Å². The van der Waals surface area contributed by atoms with Crippen LogP contribution in [0.25, 0.3) is 10.8 Å².